The number of hydrogen-bond donors (Lipinski definition) is 0. The van der Waals surface area contributed by atoms with Crippen molar-refractivity contribution in [1.29, 1.82) is 0 Å². The Hall–Kier alpha value is -1.46. The third-order valence-electron chi connectivity index (χ3n) is 2.87. The van der Waals surface area contributed by atoms with Crippen molar-refractivity contribution < 1.29 is 13.3 Å². The molecule has 4 heteroatoms. The van der Waals surface area contributed by atoms with Gasteiger partial charge in [0.2, 0.25) is 0 Å². The molecule has 0 spiro atoms. The van der Waals surface area contributed by atoms with Gasteiger partial charge in [-0.15, -0.1) is 0 Å². The van der Waals surface area contributed by atoms with Crippen LogP contribution in [0.15, 0.2) is 60.7 Å². The van der Waals surface area contributed by atoms with Gasteiger partial charge < -0.3 is 13.3 Å². The predicted octanol–water partition coefficient (Wildman–Crippen LogP) is 2.77. The molecule has 0 aliphatic carbocycles. The van der Waals surface area contributed by atoms with E-state index in [0.717, 1.165) is 5.19 Å². The van der Waals surface area contributed by atoms with Crippen molar-refractivity contribution in [1.82, 2.24) is 0 Å². The summed E-state index contributed by atoms with van der Waals surface area (Å²) in [6, 6.07) is 20.0. The van der Waals surface area contributed by atoms with E-state index in [1.54, 1.807) is 21.3 Å². The third-order valence-corrected chi connectivity index (χ3v) is 5.53. The summed E-state index contributed by atoms with van der Waals surface area (Å²) in [6.07, 6.45) is 0. The first kappa shape index (κ1) is 16.6. The van der Waals surface area contributed by atoms with Gasteiger partial charge in [0.15, 0.2) is 0 Å². The molecule has 108 valence electrons. The van der Waals surface area contributed by atoms with E-state index < -0.39 is 8.80 Å². The zero-order chi connectivity index (χ0) is 14.8. The highest BCUT2D eigenvalue weighted by Gasteiger charge is 2.40. The fourth-order valence-corrected chi connectivity index (χ4v) is 3.59. The largest absolute Gasteiger partial charge is 0.536 e. The van der Waals surface area contributed by atoms with Crippen LogP contribution >= 0.6 is 0 Å². The zero-order valence-corrected chi connectivity index (χ0v) is 13.5. The molecule has 3 nitrogen and oxygen atoms in total. The quantitative estimate of drug-likeness (QED) is 0.810. The summed E-state index contributed by atoms with van der Waals surface area (Å²) >= 11 is 0. The van der Waals surface area contributed by atoms with E-state index in [9.17, 15) is 0 Å². The first-order chi connectivity index (χ1) is 9.68. The summed E-state index contributed by atoms with van der Waals surface area (Å²) in [5.41, 5.74) is 1.32. The normalized spacial score (nSPS) is 10.6. The van der Waals surface area contributed by atoms with Crippen LogP contribution in [-0.2, 0) is 13.3 Å². The van der Waals surface area contributed by atoms with Crippen LogP contribution in [-0.4, -0.2) is 30.1 Å². The Morgan fingerprint density at radius 1 is 0.650 bits per heavy atom. The van der Waals surface area contributed by atoms with Crippen LogP contribution < -0.4 is 5.19 Å². The molecule has 0 amide bonds. The second kappa shape index (κ2) is 8.66. The fourth-order valence-electron chi connectivity index (χ4n) is 1.78. The summed E-state index contributed by atoms with van der Waals surface area (Å²) in [7, 11) is 2.22. The van der Waals surface area contributed by atoms with E-state index >= 15 is 0 Å². The van der Waals surface area contributed by atoms with Crippen LogP contribution in [0, 0.1) is 6.92 Å². The summed E-state index contributed by atoms with van der Waals surface area (Å²) in [5.74, 6) is 0. The van der Waals surface area contributed by atoms with Gasteiger partial charge in [0.25, 0.3) is 0 Å². The van der Waals surface area contributed by atoms with Crippen LogP contribution in [0.5, 0.6) is 0 Å². The molecule has 0 N–H and O–H groups in total. The van der Waals surface area contributed by atoms with Crippen LogP contribution in [0.3, 0.4) is 0 Å². The second-order valence-electron chi connectivity index (χ2n) is 4.19. The molecule has 0 atom stereocenters. The molecule has 0 bridgehead atoms. The lowest BCUT2D eigenvalue weighted by atomic mass is 10.2. The molecule has 2 aromatic carbocycles. The Kier molecular flexibility index (Phi) is 7.18. The van der Waals surface area contributed by atoms with Crippen LogP contribution in [0.25, 0.3) is 0 Å². The van der Waals surface area contributed by atoms with Gasteiger partial charge in [0, 0.05) is 26.5 Å². The molecule has 2 rings (SSSR count). The molecular formula is C16H22O3Si. The molecule has 0 unspecified atom stereocenters. The van der Waals surface area contributed by atoms with Crippen molar-refractivity contribution in [3.8, 4) is 0 Å². The van der Waals surface area contributed by atoms with Gasteiger partial charge in [-0.25, -0.2) is 0 Å². The van der Waals surface area contributed by atoms with Gasteiger partial charge in [0.05, 0.1) is 0 Å². The summed E-state index contributed by atoms with van der Waals surface area (Å²) in [6.45, 7) is 2.08. The van der Waals surface area contributed by atoms with E-state index in [-0.39, 0.29) is 0 Å². The van der Waals surface area contributed by atoms with Gasteiger partial charge in [-0.1, -0.05) is 66.2 Å². The zero-order valence-electron chi connectivity index (χ0n) is 12.5. The topological polar surface area (TPSA) is 27.7 Å². The Balaban J connectivity index is 0.000000240. The summed E-state index contributed by atoms with van der Waals surface area (Å²) in [4.78, 5) is 0. The standard InChI is InChI=1S/C9H14O3Si.C7H8/c1-10-13(11-2,12-3)9-7-5-4-6-8-9;1-7-5-3-2-4-6-7/h4-8H,1-3H3;2-6H,1H3. The van der Waals surface area contributed by atoms with Crippen molar-refractivity contribution in [3.63, 3.8) is 0 Å². The van der Waals surface area contributed by atoms with E-state index in [2.05, 4.69) is 19.1 Å². The lowest BCUT2D eigenvalue weighted by Crippen LogP contribution is -2.54. The monoisotopic (exact) mass is 290 g/mol. The highest BCUT2D eigenvalue weighted by molar-refractivity contribution is 6.75. The van der Waals surface area contributed by atoms with Crippen molar-refractivity contribution in [2.24, 2.45) is 0 Å². The van der Waals surface area contributed by atoms with Gasteiger partial charge in [-0.05, 0) is 6.92 Å². The molecule has 0 saturated carbocycles. The first-order valence-electron chi connectivity index (χ1n) is 6.41. The minimum absolute atomic E-state index is 0.975. The molecule has 0 saturated heterocycles. The van der Waals surface area contributed by atoms with Crippen molar-refractivity contribution in [2.45, 2.75) is 6.92 Å². The maximum Gasteiger partial charge on any atom is 0.536 e. The first-order valence-corrected chi connectivity index (χ1v) is 8.13. The van der Waals surface area contributed by atoms with Gasteiger partial charge in [-0.3, -0.25) is 0 Å². The lowest BCUT2D eigenvalue weighted by Gasteiger charge is -2.24. The molecule has 20 heavy (non-hydrogen) atoms. The second-order valence-corrected chi connectivity index (χ2v) is 7.10. The van der Waals surface area contributed by atoms with Crippen LogP contribution in [0.1, 0.15) is 5.56 Å². The lowest BCUT2D eigenvalue weighted by molar-refractivity contribution is 0.140. The molecular weight excluding hydrogens is 268 g/mol. The van der Waals surface area contributed by atoms with E-state index in [0.29, 0.717) is 0 Å². The summed E-state index contributed by atoms with van der Waals surface area (Å²) in [5, 5.41) is 0.975. The van der Waals surface area contributed by atoms with Gasteiger partial charge >= 0.3 is 8.80 Å². The Morgan fingerprint density at radius 2 is 1.05 bits per heavy atom. The highest BCUT2D eigenvalue weighted by Crippen LogP contribution is 2.05. The number of benzene rings is 2. The number of rotatable bonds is 4. The van der Waals surface area contributed by atoms with Gasteiger partial charge in [-0.2, -0.15) is 0 Å². The highest BCUT2D eigenvalue weighted by atomic mass is 28.4. The van der Waals surface area contributed by atoms with Crippen molar-refractivity contribution >= 4 is 14.0 Å². The molecule has 0 aromatic heterocycles. The molecule has 0 heterocycles. The van der Waals surface area contributed by atoms with Crippen LogP contribution in [0.2, 0.25) is 0 Å². The van der Waals surface area contributed by atoms with Crippen LogP contribution in [0.4, 0.5) is 0 Å². The summed E-state index contributed by atoms with van der Waals surface area (Å²) < 4.78 is 16.0. The maximum atomic E-state index is 5.32. The Morgan fingerprint density at radius 3 is 1.35 bits per heavy atom. The smallest absolute Gasteiger partial charge is 0.373 e. The molecule has 0 radical (unpaired) electrons. The molecule has 0 fully saturated rings. The van der Waals surface area contributed by atoms with Crippen molar-refractivity contribution in [2.75, 3.05) is 21.3 Å². The molecule has 2 aromatic rings. The number of hydrogen-bond acceptors (Lipinski definition) is 3. The van der Waals surface area contributed by atoms with Crippen molar-refractivity contribution in [3.05, 3.63) is 66.2 Å². The fraction of sp³-hybridized carbons (Fsp3) is 0.250. The van der Waals surface area contributed by atoms with E-state index in [1.165, 1.54) is 5.56 Å². The average molecular weight is 290 g/mol. The molecule has 0 aliphatic heterocycles. The maximum absolute atomic E-state index is 5.32. The van der Waals surface area contributed by atoms with E-state index in [1.807, 2.05) is 48.5 Å². The SMILES string of the molecule is CO[Si](OC)(OC)c1ccccc1.Cc1ccccc1. The minimum Gasteiger partial charge on any atom is -0.373 e. The Labute approximate surface area is 122 Å². The third kappa shape index (κ3) is 4.58. The van der Waals surface area contributed by atoms with Gasteiger partial charge in [0.1, 0.15) is 0 Å². The van der Waals surface area contributed by atoms with E-state index in [4.69, 9.17) is 13.3 Å². The molecule has 0 aliphatic rings. The average Bonchev–Trinajstić information content (AvgIpc) is 2.52. The Bertz CT molecular complexity index is 461. The number of aryl methyl sites for hydroxylation is 1. The minimum atomic E-state index is -2.59. The predicted molar refractivity (Wildman–Crippen MR) is 84.0 cm³/mol.